The molecule has 12 heteroatoms. The molecule has 5 aromatic rings. The third kappa shape index (κ3) is 9.18. The lowest BCUT2D eigenvalue weighted by atomic mass is 10.0. The van der Waals surface area contributed by atoms with E-state index in [2.05, 4.69) is 10.0 Å². The summed E-state index contributed by atoms with van der Waals surface area (Å²) in [6, 6.07) is 30.6. The van der Waals surface area contributed by atoms with Gasteiger partial charge in [0.25, 0.3) is 15.9 Å². The van der Waals surface area contributed by atoms with Crippen molar-refractivity contribution in [3.63, 3.8) is 0 Å². The van der Waals surface area contributed by atoms with Crippen LogP contribution in [0, 0.1) is 11.6 Å². The minimum atomic E-state index is -3.99. The maximum atomic E-state index is 13.9. The van der Waals surface area contributed by atoms with Crippen molar-refractivity contribution in [1.82, 2.24) is 10.2 Å². The minimum absolute atomic E-state index is 0.0391. The fraction of sp³-hybridized carbons (Fsp3) is 0.111. The summed E-state index contributed by atoms with van der Waals surface area (Å²) in [6.07, 6.45) is 0. The highest BCUT2D eigenvalue weighted by atomic mass is 35.5. The molecule has 48 heavy (non-hydrogen) atoms. The Kier molecular flexibility index (Phi) is 11.0. The van der Waals surface area contributed by atoms with Crippen molar-refractivity contribution in [2.75, 3.05) is 11.3 Å². The number of benzene rings is 5. The van der Waals surface area contributed by atoms with Crippen molar-refractivity contribution in [2.24, 2.45) is 0 Å². The number of carbonyl (C=O) groups is 2. The number of carbonyl (C=O) groups excluding carboxylic acids is 2. The van der Waals surface area contributed by atoms with Crippen LogP contribution in [0.5, 0.6) is 5.75 Å². The van der Waals surface area contributed by atoms with Crippen LogP contribution in [0.4, 0.5) is 14.5 Å². The Hall–Kier alpha value is -5.26. The minimum Gasteiger partial charge on any atom is -0.484 e. The van der Waals surface area contributed by atoms with Gasteiger partial charge in [0.1, 0.15) is 23.4 Å². The predicted octanol–water partition coefficient (Wildman–Crippen LogP) is 6.88. The van der Waals surface area contributed by atoms with E-state index in [0.717, 1.165) is 17.7 Å². The maximum absolute atomic E-state index is 13.9. The number of rotatable bonds is 13. The fourth-order valence-corrected chi connectivity index (χ4v) is 5.97. The highest BCUT2D eigenvalue weighted by Crippen LogP contribution is 2.26. The van der Waals surface area contributed by atoms with Crippen LogP contribution in [0.2, 0.25) is 5.02 Å². The SMILES string of the molecule is O=C(NCc1ccc(Cl)cc1)[C@@H](c1ccccc1)N(Cc1ccc(F)cc1)C(=O)COc1ccc(S(=O)(=O)Nc2ccc(F)cc2)cc1. The van der Waals surface area contributed by atoms with Crippen LogP contribution in [0.1, 0.15) is 22.7 Å². The van der Waals surface area contributed by atoms with Gasteiger partial charge in [-0.3, -0.25) is 14.3 Å². The topological polar surface area (TPSA) is 105 Å². The van der Waals surface area contributed by atoms with Crippen molar-refractivity contribution < 1.29 is 31.5 Å². The van der Waals surface area contributed by atoms with Crippen molar-refractivity contribution in [2.45, 2.75) is 24.0 Å². The third-order valence-electron chi connectivity index (χ3n) is 7.23. The lowest BCUT2D eigenvalue weighted by Crippen LogP contribution is -2.45. The molecule has 0 bridgehead atoms. The Morgan fingerprint density at radius 2 is 1.33 bits per heavy atom. The number of ether oxygens (including phenoxy) is 1. The molecular weight excluding hydrogens is 660 g/mol. The molecule has 2 amide bonds. The second kappa shape index (κ2) is 15.6. The Morgan fingerprint density at radius 1 is 0.750 bits per heavy atom. The number of nitrogens with zero attached hydrogens (tertiary/aromatic N) is 1. The van der Waals surface area contributed by atoms with Crippen LogP contribution in [0.3, 0.4) is 0 Å². The smallest absolute Gasteiger partial charge is 0.261 e. The zero-order valence-corrected chi connectivity index (χ0v) is 26.9. The first-order chi connectivity index (χ1) is 23.1. The van der Waals surface area contributed by atoms with Gasteiger partial charge in [-0.25, -0.2) is 17.2 Å². The molecule has 1 atom stereocenters. The van der Waals surface area contributed by atoms with E-state index >= 15 is 0 Å². The normalized spacial score (nSPS) is 11.7. The average molecular weight is 690 g/mol. The Labute approximate surface area is 282 Å². The van der Waals surface area contributed by atoms with Gasteiger partial charge >= 0.3 is 0 Å². The van der Waals surface area contributed by atoms with Gasteiger partial charge in [0.05, 0.1) is 4.90 Å². The van der Waals surface area contributed by atoms with E-state index in [1.54, 1.807) is 54.6 Å². The standard InChI is InChI=1S/C36H30ClF2N3O5S/c37-28-10-6-25(7-11-28)22-40-36(44)35(27-4-2-1-3-5-27)42(23-26-8-12-29(38)13-9-26)34(43)24-47-32-18-20-33(21-19-32)48(45,46)41-31-16-14-30(39)15-17-31/h1-21,35,41H,22-24H2,(H,40,44)/t35-/m1/s1. The zero-order valence-electron chi connectivity index (χ0n) is 25.4. The third-order valence-corrected chi connectivity index (χ3v) is 8.88. The van der Waals surface area contributed by atoms with E-state index in [4.69, 9.17) is 16.3 Å². The van der Waals surface area contributed by atoms with Gasteiger partial charge in [-0.2, -0.15) is 0 Å². The van der Waals surface area contributed by atoms with Crippen LogP contribution in [-0.4, -0.2) is 31.7 Å². The summed E-state index contributed by atoms with van der Waals surface area (Å²) in [6.45, 7) is -0.350. The monoisotopic (exact) mass is 689 g/mol. The molecule has 0 radical (unpaired) electrons. The van der Waals surface area contributed by atoms with Crippen molar-refractivity contribution in [3.8, 4) is 5.75 Å². The van der Waals surface area contributed by atoms with Crippen LogP contribution >= 0.6 is 11.6 Å². The molecule has 0 unspecified atom stereocenters. The summed E-state index contributed by atoms with van der Waals surface area (Å²) in [5, 5.41) is 3.46. The summed E-state index contributed by atoms with van der Waals surface area (Å²) in [7, 11) is -3.99. The highest BCUT2D eigenvalue weighted by molar-refractivity contribution is 7.92. The van der Waals surface area contributed by atoms with Gasteiger partial charge < -0.3 is 15.0 Å². The number of nitrogens with one attached hydrogen (secondary N) is 2. The summed E-state index contributed by atoms with van der Waals surface area (Å²) in [5.74, 6) is -1.74. The van der Waals surface area contributed by atoms with Crippen LogP contribution < -0.4 is 14.8 Å². The number of hydrogen-bond donors (Lipinski definition) is 2. The summed E-state index contributed by atoms with van der Waals surface area (Å²) in [5.41, 5.74) is 2.12. The van der Waals surface area contributed by atoms with Crippen LogP contribution in [0.25, 0.3) is 0 Å². The molecule has 0 spiro atoms. The molecule has 0 heterocycles. The van der Waals surface area contributed by atoms with E-state index < -0.39 is 46.1 Å². The molecule has 0 fully saturated rings. The van der Waals surface area contributed by atoms with Crippen molar-refractivity contribution >= 4 is 39.1 Å². The summed E-state index contributed by atoms with van der Waals surface area (Å²) >= 11 is 6.00. The van der Waals surface area contributed by atoms with E-state index in [-0.39, 0.29) is 29.4 Å². The van der Waals surface area contributed by atoms with E-state index in [1.807, 2.05) is 0 Å². The van der Waals surface area contributed by atoms with Gasteiger partial charge in [-0.1, -0.05) is 66.2 Å². The first kappa shape index (κ1) is 34.1. The largest absolute Gasteiger partial charge is 0.484 e. The first-order valence-corrected chi connectivity index (χ1v) is 16.6. The molecular formula is C36H30ClF2N3O5S. The average Bonchev–Trinajstić information content (AvgIpc) is 3.09. The van der Waals surface area contributed by atoms with Gasteiger partial charge in [-0.15, -0.1) is 0 Å². The van der Waals surface area contributed by atoms with Crippen molar-refractivity contribution in [3.05, 3.63) is 161 Å². The summed E-state index contributed by atoms with van der Waals surface area (Å²) in [4.78, 5) is 29.0. The number of hydrogen-bond acceptors (Lipinski definition) is 5. The number of anilines is 1. The molecule has 246 valence electrons. The molecule has 0 aromatic heterocycles. The van der Waals surface area contributed by atoms with Crippen LogP contribution in [-0.2, 0) is 32.7 Å². The zero-order chi connectivity index (χ0) is 34.1. The van der Waals surface area contributed by atoms with Gasteiger partial charge in [-0.05, 0) is 89.5 Å². The maximum Gasteiger partial charge on any atom is 0.261 e. The van der Waals surface area contributed by atoms with Gasteiger partial charge in [0, 0.05) is 23.8 Å². The van der Waals surface area contributed by atoms with Crippen LogP contribution in [0.15, 0.2) is 132 Å². The molecule has 5 rings (SSSR count). The van der Waals surface area contributed by atoms with E-state index in [0.29, 0.717) is 16.1 Å². The van der Waals surface area contributed by atoms with Crippen molar-refractivity contribution in [1.29, 1.82) is 0 Å². The molecule has 8 nitrogen and oxygen atoms in total. The Balaban J connectivity index is 1.35. The second-order valence-corrected chi connectivity index (χ2v) is 12.8. The molecule has 0 saturated carbocycles. The fourth-order valence-electron chi connectivity index (χ4n) is 4.78. The highest BCUT2D eigenvalue weighted by Gasteiger charge is 2.32. The van der Waals surface area contributed by atoms with Gasteiger partial charge in [0.15, 0.2) is 6.61 Å². The predicted molar refractivity (Wildman–Crippen MR) is 179 cm³/mol. The lowest BCUT2D eigenvalue weighted by Gasteiger charge is -2.31. The number of halogens is 3. The first-order valence-electron chi connectivity index (χ1n) is 14.7. The molecule has 2 N–H and O–H groups in total. The second-order valence-electron chi connectivity index (χ2n) is 10.7. The molecule has 0 saturated heterocycles. The Bertz CT molecular complexity index is 1950. The molecule has 0 aliphatic rings. The summed E-state index contributed by atoms with van der Waals surface area (Å²) < 4.78 is 60.7. The lowest BCUT2D eigenvalue weighted by molar-refractivity contribution is -0.143. The quantitative estimate of drug-likeness (QED) is 0.140. The van der Waals surface area contributed by atoms with E-state index in [1.165, 1.54) is 65.6 Å². The van der Waals surface area contributed by atoms with E-state index in [9.17, 15) is 26.8 Å². The van der Waals surface area contributed by atoms with Gasteiger partial charge in [0.2, 0.25) is 5.91 Å². The Morgan fingerprint density at radius 3 is 1.96 bits per heavy atom. The molecule has 5 aromatic carbocycles. The number of sulfonamides is 1. The molecule has 0 aliphatic heterocycles. The molecule has 0 aliphatic carbocycles. The number of amides is 2.